The Morgan fingerprint density at radius 3 is 2.23 bits per heavy atom. The summed E-state index contributed by atoms with van der Waals surface area (Å²) in [6.45, 7) is 0. The largest absolute Gasteiger partial charge is 0.333 e. The number of rotatable bonds is 0. The van der Waals surface area contributed by atoms with Crippen molar-refractivity contribution in [2.75, 3.05) is 7.05 Å². The van der Waals surface area contributed by atoms with Crippen molar-refractivity contribution >= 4 is 34.4 Å². The Kier molecular flexibility index (Phi) is 2.41. The fourth-order valence-corrected chi connectivity index (χ4v) is 3.38. The van der Waals surface area contributed by atoms with Gasteiger partial charge in [0, 0.05) is 18.9 Å². The molecule has 0 atom stereocenters. The second-order valence-corrected chi connectivity index (χ2v) is 5.13. The Hall–Kier alpha value is -0.0200. The normalized spacial score (nSPS) is 27.3. The molecule has 2 rings (SSSR count). The molecule has 1 heterocycles. The van der Waals surface area contributed by atoms with Crippen LogP contribution >= 0.6 is 24.4 Å². The van der Waals surface area contributed by atoms with E-state index in [4.69, 9.17) is 24.4 Å². The zero-order chi connectivity index (χ0) is 9.47. The number of hydrogen-bond acceptors (Lipinski definition) is 2. The first-order valence-corrected chi connectivity index (χ1v) is 5.78. The predicted molar refractivity (Wildman–Crippen MR) is 63.1 cm³/mol. The fourth-order valence-electron chi connectivity index (χ4n) is 2.57. The van der Waals surface area contributed by atoms with Gasteiger partial charge in [0.05, 0.1) is 9.98 Å². The van der Waals surface area contributed by atoms with Crippen molar-refractivity contribution in [3.05, 3.63) is 0 Å². The SMILES string of the molecule is CN1C(=S)CC2(CCCCC2)C1=S. The van der Waals surface area contributed by atoms with E-state index < -0.39 is 0 Å². The van der Waals surface area contributed by atoms with Crippen molar-refractivity contribution in [2.45, 2.75) is 38.5 Å². The van der Waals surface area contributed by atoms with Crippen molar-refractivity contribution in [3.63, 3.8) is 0 Å². The maximum atomic E-state index is 5.49. The standard InChI is InChI=1S/C10H15NS2/c1-11-8(12)7-10(9(11)13)5-3-2-4-6-10/h2-7H2,1H3. The number of hydrogen-bond donors (Lipinski definition) is 0. The number of nitrogens with zero attached hydrogens (tertiary/aromatic N) is 1. The van der Waals surface area contributed by atoms with Gasteiger partial charge in [0.25, 0.3) is 0 Å². The van der Waals surface area contributed by atoms with Gasteiger partial charge in [-0.05, 0) is 12.8 Å². The Balaban J connectivity index is 2.23. The van der Waals surface area contributed by atoms with Gasteiger partial charge in [-0.25, -0.2) is 0 Å². The third-order valence-electron chi connectivity index (χ3n) is 3.43. The monoisotopic (exact) mass is 213 g/mol. The first-order chi connectivity index (χ1) is 6.16. The smallest absolute Gasteiger partial charge is 0.0891 e. The van der Waals surface area contributed by atoms with E-state index in [1.54, 1.807) is 0 Å². The molecule has 2 aliphatic rings. The molecular weight excluding hydrogens is 198 g/mol. The van der Waals surface area contributed by atoms with Crippen LogP contribution in [0.15, 0.2) is 0 Å². The molecule has 72 valence electrons. The predicted octanol–water partition coefficient (Wildman–Crippen LogP) is 2.93. The topological polar surface area (TPSA) is 3.24 Å². The van der Waals surface area contributed by atoms with Crippen LogP contribution in [-0.2, 0) is 0 Å². The van der Waals surface area contributed by atoms with E-state index in [2.05, 4.69) is 4.90 Å². The van der Waals surface area contributed by atoms with Gasteiger partial charge in [0.15, 0.2) is 0 Å². The van der Waals surface area contributed by atoms with E-state index >= 15 is 0 Å². The lowest BCUT2D eigenvalue weighted by atomic mass is 9.73. The Bertz CT molecular complexity index is 254. The van der Waals surface area contributed by atoms with Gasteiger partial charge in [-0.2, -0.15) is 0 Å². The van der Waals surface area contributed by atoms with Crippen LogP contribution in [-0.4, -0.2) is 21.9 Å². The van der Waals surface area contributed by atoms with Crippen LogP contribution < -0.4 is 0 Å². The van der Waals surface area contributed by atoms with Crippen LogP contribution in [0.1, 0.15) is 38.5 Å². The van der Waals surface area contributed by atoms with Crippen molar-refractivity contribution in [3.8, 4) is 0 Å². The van der Waals surface area contributed by atoms with Gasteiger partial charge in [-0.1, -0.05) is 43.7 Å². The summed E-state index contributed by atoms with van der Waals surface area (Å²) in [5.41, 5.74) is 0.291. The summed E-state index contributed by atoms with van der Waals surface area (Å²) in [7, 11) is 2.02. The summed E-state index contributed by atoms with van der Waals surface area (Å²) >= 11 is 10.8. The maximum absolute atomic E-state index is 5.49. The van der Waals surface area contributed by atoms with Gasteiger partial charge in [0.1, 0.15) is 0 Å². The number of likely N-dealkylation sites (tertiary alicyclic amines) is 1. The molecule has 1 saturated carbocycles. The summed E-state index contributed by atoms with van der Waals surface area (Å²) in [6.07, 6.45) is 7.60. The molecule has 0 bridgehead atoms. The van der Waals surface area contributed by atoms with Gasteiger partial charge in [-0.3, -0.25) is 0 Å². The highest BCUT2D eigenvalue weighted by Crippen LogP contribution is 2.45. The summed E-state index contributed by atoms with van der Waals surface area (Å²) in [5.74, 6) is 0. The van der Waals surface area contributed by atoms with Crippen LogP contribution in [0.4, 0.5) is 0 Å². The highest BCUT2D eigenvalue weighted by molar-refractivity contribution is 7.82. The molecule has 1 saturated heterocycles. The van der Waals surface area contributed by atoms with Gasteiger partial charge >= 0.3 is 0 Å². The van der Waals surface area contributed by atoms with Crippen LogP contribution in [0.3, 0.4) is 0 Å². The van der Waals surface area contributed by atoms with E-state index in [0.29, 0.717) is 5.41 Å². The Labute approximate surface area is 90.5 Å². The Morgan fingerprint density at radius 1 is 1.15 bits per heavy atom. The van der Waals surface area contributed by atoms with Crippen LogP contribution in [0.5, 0.6) is 0 Å². The van der Waals surface area contributed by atoms with Crippen molar-refractivity contribution < 1.29 is 0 Å². The second-order valence-electron chi connectivity index (χ2n) is 4.28. The van der Waals surface area contributed by atoms with Crippen LogP contribution in [0, 0.1) is 5.41 Å². The molecule has 2 fully saturated rings. The van der Waals surface area contributed by atoms with Crippen molar-refractivity contribution in [2.24, 2.45) is 5.41 Å². The summed E-state index contributed by atoms with van der Waals surface area (Å²) in [4.78, 5) is 4.21. The van der Waals surface area contributed by atoms with Gasteiger partial charge < -0.3 is 4.90 Å². The summed E-state index contributed by atoms with van der Waals surface area (Å²) in [5, 5.41) is 0. The molecule has 0 aromatic carbocycles. The molecule has 1 aliphatic carbocycles. The van der Waals surface area contributed by atoms with Crippen molar-refractivity contribution in [1.82, 2.24) is 4.90 Å². The van der Waals surface area contributed by atoms with E-state index in [-0.39, 0.29) is 0 Å². The quantitative estimate of drug-likeness (QED) is 0.570. The molecule has 1 aliphatic heterocycles. The van der Waals surface area contributed by atoms with Gasteiger partial charge in [-0.15, -0.1) is 0 Å². The maximum Gasteiger partial charge on any atom is 0.0891 e. The zero-order valence-electron chi connectivity index (χ0n) is 8.01. The first kappa shape index (κ1) is 9.53. The van der Waals surface area contributed by atoms with E-state index in [1.165, 1.54) is 32.1 Å². The third kappa shape index (κ3) is 1.42. The average molecular weight is 213 g/mol. The number of thiocarbonyl (C=S) groups is 2. The van der Waals surface area contributed by atoms with E-state index in [1.807, 2.05) is 7.05 Å². The van der Waals surface area contributed by atoms with E-state index in [0.717, 1.165) is 16.4 Å². The molecule has 0 radical (unpaired) electrons. The minimum atomic E-state index is 0.291. The molecule has 3 heteroatoms. The lowest BCUT2D eigenvalue weighted by Crippen LogP contribution is -2.32. The van der Waals surface area contributed by atoms with Crippen LogP contribution in [0.25, 0.3) is 0 Å². The minimum Gasteiger partial charge on any atom is -0.333 e. The lowest BCUT2D eigenvalue weighted by Gasteiger charge is -2.32. The van der Waals surface area contributed by atoms with E-state index in [9.17, 15) is 0 Å². The third-order valence-corrected chi connectivity index (χ3v) is 4.56. The highest BCUT2D eigenvalue weighted by atomic mass is 32.1. The molecule has 0 N–H and O–H groups in total. The van der Waals surface area contributed by atoms with Gasteiger partial charge in [0.2, 0.25) is 0 Å². The molecular formula is C10H15NS2. The fraction of sp³-hybridized carbons (Fsp3) is 0.800. The molecule has 0 unspecified atom stereocenters. The second kappa shape index (κ2) is 3.28. The van der Waals surface area contributed by atoms with Crippen LogP contribution in [0.2, 0.25) is 0 Å². The molecule has 1 nitrogen and oxygen atoms in total. The zero-order valence-corrected chi connectivity index (χ0v) is 9.64. The molecule has 0 aromatic heterocycles. The molecule has 1 spiro atoms. The lowest BCUT2D eigenvalue weighted by molar-refractivity contribution is 0.301. The first-order valence-electron chi connectivity index (χ1n) is 4.97. The minimum absolute atomic E-state index is 0.291. The Morgan fingerprint density at radius 2 is 1.77 bits per heavy atom. The molecule has 0 aromatic rings. The highest BCUT2D eigenvalue weighted by Gasteiger charge is 2.44. The van der Waals surface area contributed by atoms with Crippen molar-refractivity contribution in [1.29, 1.82) is 0 Å². The molecule has 13 heavy (non-hydrogen) atoms. The molecule has 0 amide bonds. The summed E-state index contributed by atoms with van der Waals surface area (Å²) < 4.78 is 0. The summed E-state index contributed by atoms with van der Waals surface area (Å²) in [6, 6.07) is 0. The average Bonchev–Trinajstić information content (AvgIpc) is 2.33.